The number of carbonyl (C=O) groups is 2. The molecule has 0 atom stereocenters. The highest BCUT2D eigenvalue weighted by atomic mass is 32.2. The number of hydrogen-bond donors (Lipinski definition) is 0. The van der Waals surface area contributed by atoms with Crippen LogP contribution in [-0.4, -0.2) is 93.7 Å². The normalized spacial score (nSPS) is 19.7. The maximum atomic E-state index is 13.4. The molecule has 1 aromatic heterocycles. The van der Waals surface area contributed by atoms with Crippen molar-refractivity contribution in [2.45, 2.75) is 11.4 Å². The molecule has 0 saturated carbocycles. The second-order valence-electron chi connectivity index (χ2n) is 9.84. The van der Waals surface area contributed by atoms with Crippen LogP contribution < -0.4 is 4.90 Å². The average Bonchev–Trinajstić information content (AvgIpc) is 3.43. The molecule has 0 bridgehead atoms. The molecule has 0 radical (unpaired) electrons. The fourth-order valence-corrected chi connectivity index (χ4v) is 6.83. The molecular formula is C28H30N4O6S. The van der Waals surface area contributed by atoms with Crippen LogP contribution >= 0.6 is 0 Å². The zero-order chi connectivity index (χ0) is 27.1. The van der Waals surface area contributed by atoms with E-state index in [-0.39, 0.29) is 23.3 Å². The zero-order valence-electron chi connectivity index (χ0n) is 21.7. The van der Waals surface area contributed by atoms with Crippen LogP contribution in [0.4, 0.5) is 5.69 Å². The van der Waals surface area contributed by atoms with Gasteiger partial charge in [0.25, 0.3) is 5.91 Å². The first kappa shape index (κ1) is 25.8. The topological polar surface area (TPSA) is 101 Å². The van der Waals surface area contributed by atoms with E-state index < -0.39 is 10.0 Å². The number of nitrogens with zero attached hydrogens (tertiary/aromatic N) is 4. The third-order valence-electron chi connectivity index (χ3n) is 7.55. The van der Waals surface area contributed by atoms with Crippen molar-refractivity contribution in [3.63, 3.8) is 0 Å². The van der Waals surface area contributed by atoms with Gasteiger partial charge >= 0.3 is 0 Å². The minimum Gasteiger partial charge on any atom is -0.379 e. The monoisotopic (exact) mass is 550 g/mol. The van der Waals surface area contributed by atoms with Crippen LogP contribution in [0.5, 0.6) is 0 Å². The number of para-hydroxylation sites is 1. The lowest BCUT2D eigenvalue weighted by molar-refractivity contribution is -0.135. The standard InChI is InChI=1S/C28H30N4O6S/c1-29-25-7-6-21(39(35,36)32-10-14-38-15-11-32)17-23(25)24(28(29)34)16-20-18-31(26-5-3-2-4-22(20)26)19-27(33)30-8-12-37-13-9-30/h2-7,16-18H,8-15,19H2,1H3. The van der Waals surface area contributed by atoms with Gasteiger partial charge in [-0.1, -0.05) is 18.2 Å². The average molecular weight is 551 g/mol. The van der Waals surface area contributed by atoms with Crippen LogP contribution in [-0.2, 0) is 35.6 Å². The van der Waals surface area contributed by atoms with Crippen molar-refractivity contribution >= 4 is 50.1 Å². The molecule has 3 aromatic rings. The molecule has 2 saturated heterocycles. The summed E-state index contributed by atoms with van der Waals surface area (Å²) < 4.78 is 40.7. The number of sulfonamides is 1. The number of anilines is 1. The number of hydrogen-bond acceptors (Lipinski definition) is 6. The van der Waals surface area contributed by atoms with Crippen molar-refractivity contribution in [2.24, 2.45) is 0 Å². The Morgan fingerprint density at radius 2 is 1.67 bits per heavy atom. The Hall–Kier alpha value is -3.51. The van der Waals surface area contributed by atoms with Crippen LogP contribution in [0.2, 0.25) is 0 Å². The van der Waals surface area contributed by atoms with E-state index in [4.69, 9.17) is 9.47 Å². The van der Waals surface area contributed by atoms with Crippen molar-refractivity contribution in [2.75, 3.05) is 64.6 Å². The molecule has 4 heterocycles. The summed E-state index contributed by atoms with van der Waals surface area (Å²) in [6.07, 6.45) is 3.68. The Bertz CT molecular complexity index is 1580. The van der Waals surface area contributed by atoms with Crippen molar-refractivity contribution in [3.8, 4) is 0 Å². The molecule has 2 aromatic carbocycles. The van der Waals surface area contributed by atoms with Crippen LogP contribution in [0.15, 0.2) is 53.6 Å². The van der Waals surface area contributed by atoms with Gasteiger partial charge in [0.1, 0.15) is 6.54 Å². The van der Waals surface area contributed by atoms with Gasteiger partial charge in [0.15, 0.2) is 0 Å². The summed E-state index contributed by atoms with van der Waals surface area (Å²) in [4.78, 5) is 29.8. The third-order valence-corrected chi connectivity index (χ3v) is 9.45. The lowest BCUT2D eigenvalue weighted by Gasteiger charge is -2.27. The van der Waals surface area contributed by atoms with E-state index >= 15 is 0 Å². The van der Waals surface area contributed by atoms with E-state index in [1.165, 1.54) is 9.21 Å². The Balaban J connectivity index is 1.38. The number of morpholine rings is 2. The summed E-state index contributed by atoms with van der Waals surface area (Å²) in [5.41, 5.74) is 3.30. The molecule has 3 aliphatic rings. The molecule has 39 heavy (non-hydrogen) atoms. The van der Waals surface area contributed by atoms with Crippen LogP contribution in [0, 0.1) is 0 Å². The lowest BCUT2D eigenvalue weighted by Crippen LogP contribution is -2.42. The van der Waals surface area contributed by atoms with Gasteiger partial charge in [0.05, 0.1) is 37.0 Å². The first-order chi connectivity index (χ1) is 18.8. The summed E-state index contributed by atoms with van der Waals surface area (Å²) in [6.45, 7) is 3.69. The third kappa shape index (κ3) is 4.65. The van der Waals surface area contributed by atoms with E-state index in [2.05, 4.69) is 0 Å². The fraction of sp³-hybridized carbons (Fsp3) is 0.357. The van der Waals surface area contributed by atoms with Gasteiger partial charge < -0.3 is 23.8 Å². The molecule has 2 fully saturated rings. The molecule has 10 nitrogen and oxygen atoms in total. The van der Waals surface area contributed by atoms with Crippen molar-refractivity contribution < 1.29 is 27.5 Å². The molecule has 0 unspecified atom stereocenters. The predicted molar refractivity (Wildman–Crippen MR) is 147 cm³/mol. The highest BCUT2D eigenvalue weighted by molar-refractivity contribution is 7.89. The van der Waals surface area contributed by atoms with Crippen molar-refractivity contribution in [1.82, 2.24) is 13.8 Å². The summed E-state index contributed by atoms with van der Waals surface area (Å²) in [5, 5.41) is 0.903. The van der Waals surface area contributed by atoms with Crippen molar-refractivity contribution in [1.29, 1.82) is 0 Å². The number of rotatable bonds is 5. The predicted octanol–water partition coefficient (Wildman–Crippen LogP) is 2.04. The maximum absolute atomic E-state index is 13.4. The van der Waals surface area contributed by atoms with Gasteiger partial charge in [-0.2, -0.15) is 4.31 Å². The maximum Gasteiger partial charge on any atom is 0.258 e. The molecule has 0 N–H and O–H groups in total. The van der Waals surface area contributed by atoms with Gasteiger partial charge in [-0.3, -0.25) is 9.59 Å². The first-order valence-corrected chi connectivity index (χ1v) is 14.4. The Morgan fingerprint density at radius 3 is 2.41 bits per heavy atom. The molecule has 3 aliphatic heterocycles. The lowest BCUT2D eigenvalue weighted by atomic mass is 10.0. The number of ether oxygens (including phenoxy) is 2. The largest absolute Gasteiger partial charge is 0.379 e. The van der Waals surface area contributed by atoms with E-state index in [1.54, 1.807) is 36.2 Å². The van der Waals surface area contributed by atoms with Gasteiger partial charge in [0, 0.05) is 67.0 Å². The molecule has 11 heteroatoms. The molecule has 6 rings (SSSR count). The highest BCUT2D eigenvalue weighted by Crippen LogP contribution is 2.39. The van der Waals surface area contributed by atoms with Crippen LogP contribution in [0.3, 0.4) is 0 Å². The van der Waals surface area contributed by atoms with E-state index in [0.29, 0.717) is 69.4 Å². The number of carbonyl (C=O) groups excluding carboxylic acids is 2. The van der Waals surface area contributed by atoms with E-state index in [1.807, 2.05) is 35.0 Å². The summed E-state index contributed by atoms with van der Waals surface area (Å²) in [6, 6.07) is 12.6. The number of amides is 2. The smallest absolute Gasteiger partial charge is 0.258 e. The molecule has 2 amide bonds. The molecule has 0 aliphatic carbocycles. The van der Waals surface area contributed by atoms with Crippen LogP contribution in [0.25, 0.3) is 22.6 Å². The first-order valence-electron chi connectivity index (χ1n) is 13.0. The highest BCUT2D eigenvalue weighted by Gasteiger charge is 2.33. The Labute approximate surface area is 227 Å². The molecule has 0 spiro atoms. The van der Waals surface area contributed by atoms with E-state index in [9.17, 15) is 18.0 Å². The van der Waals surface area contributed by atoms with Gasteiger partial charge in [0.2, 0.25) is 15.9 Å². The Kier molecular flexibility index (Phi) is 6.76. The minimum atomic E-state index is -3.73. The zero-order valence-corrected chi connectivity index (χ0v) is 22.5. The second kappa shape index (κ2) is 10.2. The molecule has 204 valence electrons. The number of benzene rings is 2. The quantitative estimate of drug-likeness (QED) is 0.451. The van der Waals surface area contributed by atoms with Crippen molar-refractivity contribution in [3.05, 3.63) is 59.8 Å². The minimum absolute atomic E-state index is 0.0123. The number of fused-ring (bicyclic) bond motifs is 2. The van der Waals surface area contributed by atoms with Gasteiger partial charge in [-0.25, -0.2) is 8.42 Å². The van der Waals surface area contributed by atoms with Gasteiger partial charge in [-0.15, -0.1) is 0 Å². The second-order valence-corrected chi connectivity index (χ2v) is 11.8. The molecular weight excluding hydrogens is 520 g/mol. The summed E-state index contributed by atoms with van der Waals surface area (Å²) in [7, 11) is -2.05. The summed E-state index contributed by atoms with van der Waals surface area (Å²) >= 11 is 0. The SMILES string of the molecule is CN1C(=O)C(=Cc2cn(CC(=O)N3CCOCC3)c3ccccc23)c2cc(S(=O)(=O)N3CCOCC3)ccc21. The van der Waals surface area contributed by atoms with Crippen LogP contribution in [0.1, 0.15) is 11.1 Å². The number of aromatic nitrogens is 1. The van der Waals surface area contributed by atoms with Gasteiger partial charge in [-0.05, 0) is 30.3 Å². The fourth-order valence-electron chi connectivity index (χ4n) is 5.40. The van der Waals surface area contributed by atoms with E-state index in [0.717, 1.165) is 16.5 Å². The number of likely N-dealkylation sites (N-methyl/N-ethyl adjacent to an activating group) is 1. The Morgan fingerprint density at radius 1 is 0.974 bits per heavy atom. The summed E-state index contributed by atoms with van der Waals surface area (Å²) in [5.74, 6) is -0.203.